The van der Waals surface area contributed by atoms with Crippen molar-refractivity contribution in [1.29, 1.82) is 0 Å². The zero-order valence-electron chi connectivity index (χ0n) is 29.9. The van der Waals surface area contributed by atoms with E-state index >= 15 is 0 Å². The lowest BCUT2D eigenvalue weighted by Crippen LogP contribution is -2.26. The Bertz CT molecular complexity index is 3110. The van der Waals surface area contributed by atoms with Crippen molar-refractivity contribution in [2.24, 2.45) is 0 Å². The summed E-state index contributed by atoms with van der Waals surface area (Å²) in [7, 11) is 0. The summed E-state index contributed by atoms with van der Waals surface area (Å²) in [6.07, 6.45) is 0. The van der Waals surface area contributed by atoms with E-state index in [1.807, 2.05) is 0 Å². The Balaban J connectivity index is 1.19. The molecule has 0 atom stereocenters. The number of para-hydroxylation sites is 2. The van der Waals surface area contributed by atoms with Crippen molar-refractivity contribution in [3.8, 4) is 33.4 Å². The van der Waals surface area contributed by atoms with Gasteiger partial charge in [0.05, 0.1) is 16.8 Å². The lowest BCUT2D eigenvalue weighted by molar-refractivity contribution is 0.674. The van der Waals surface area contributed by atoms with Gasteiger partial charge >= 0.3 is 0 Å². The first kappa shape index (κ1) is 30.3. The van der Waals surface area contributed by atoms with Gasteiger partial charge in [-0.1, -0.05) is 176 Å². The molecular formula is C53H33NO. The molecular weight excluding hydrogens is 667 g/mol. The Morgan fingerprint density at radius 2 is 0.855 bits per heavy atom. The minimum absolute atomic E-state index is 0.432. The van der Waals surface area contributed by atoms with Crippen LogP contribution in [0.5, 0.6) is 0 Å². The molecule has 0 bridgehead atoms. The molecule has 9 aromatic carbocycles. The van der Waals surface area contributed by atoms with E-state index in [2.05, 4.69) is 205 Å². The van der Waals surface area contributed by atoms with E-state index in [0.717, 1.165) is 60.9 Å². The lowest BCUT2D eigenvalue weighted by Gasteiger charge is -2.32. The fourth-order valence-electron chi connectivity index (χ4n) is 9.93. The Hall–Kier alpha value is -7.16. The lowest BCUT2D eigenvalue weighted by atomic mass is 9.70. The van der Waals surface area contributed by atoms with Crippen LogP contribution >= 0.6 is 0 Å². The molecule has 1 spiro atoms. The second-order valence-electron chi connectivity index (χ2n) is 14.7. The van der Waals surface area contributed by atoms with Crippen LogP contribution in [0, 0.1) is 0 Å². The zero-order valence-corrected chi connectivity index (χ0v) is 29.9. The van der Waals surface area contributed by atoms with Crippen LogP contribution in [0.25, 0.3) is 66.1 Å². The van der Waals surface area contributed by atoms with E-state index in [-0.39, 0.29) is 0 Å². The third-order valence-electron chi connectivity index (χ3n) is 12.1. The maximum Gasteiger partial charge on any atom is 0.143 e. The van der Waals surface area contributed by atoms with Crippen LogP contribution in [-0.4, -0.2) is 0 Å². The normalized spacial score (nSPS) is 13.2. The number of rotatable bonds is 4. The van der Waals surface area contributed by atoms with Gasteiger partial charge in [-0.3, -0.25) is 0 Å². The van der Waals surface area contributed by atoms with Gasteiger partial charge in [0.15, 0.2) is 0 Å². The Labute approximate surface area is 319 Å². The highest BCUT2D eigenvalue weighted by atomic mass is 16.3. The van der Waals surface area contributed by atoms with Crippen molar-refractivity contribution in [2.45, 2.75) is 5.41 Å². The van der Waals surface area contributed by atoms with E-state index in [1.54, 1.807) is 0 Å². The highest BCUT2D eigenvalue weighted by molar-refractivity contribution is 6.21. The molecule has 0 aliphatic heterocycles. The molecule has 0 unspecified atom stereocenters. The van der Waals surface area contributed by atoms with Gasteiger partial charge < -0.3 is 9.32 Å². The molecule has 0 radical (unpaired) electrons. The quantitative estimate of drug-likeness (QED) is 0.182. The molecule has 10 aromatic rings. The van der Waals surface area contributed by atoms with Crippen molar-refractivity contribution in [1.82, 2.24) is 0 Å². The highest BCUT2D eigenvalue weighted by Crippen LogP contribution is 2.64. The molecule has 2 aliphatic carbocycles. The third-order valence-corrected chi connectivity index (χ3v) is 12.1. The Kier molecular flexibility index (Phi) is 6.29. The van der Waals surface area contributed by atoms with Crippen molar-refractivity contribution in [3.63, 3.8) is 0 Å². The van der Waals surface area contributed by atoms with Crippen LogP contribution in [0.3, 0.4) is 0 Å². The van der Waals surface area contributed by atoms with Gasteiger partial charge in [0.1, 0.15) is 11.2 Å². The fraction of sp³-hybridized carbons (Fsp3) is 0.0189. The molecule has 0 saturated carbocycles. The van der Waals surface area contributed by atoms with E-state index in [1.165, 1.54) is 44.5 Å². The van der Waals surface area contributed by atoms with Crippen LogP contribution < -0.4 is 4.90 Å². The first-order chi connectivity index (χ1) is 27.3. The van der Waals surface area contributed by atoms with E-state index in [9.17, 15) is 0 Å². The van der Waals surface area contributed by atoms with Crippen molar-refractivity contribution in [3.05, 3.63) is 222 Å². The summed E-state index contributed by atoms with van der Waals surface area (Å²) in [5.74, 6) is 0. The first-order valence-electron chi connectivity index (χ1n) is 19.0. The van der Waals surface area contributed by atoms with E-state index < -0.39 is 5.41 Å². The SMILES string of the molecule is c1ccc(-c2cccc3c2oc2c4ccccc4c(N(c4ccccc4)c4cccc5c4-c4ccccc4C54c5ccccc5-c5ccccc54)cc32)cc1. The molecule has 2 aliphatic rings. The van der Waals surface area contributed by atoms with Crippen LogP contribution in [0.15, 0.2) is 205 Å². The van der Waals surface area contributed by atoms with Gasteiger partial charge in [-0.15, -0.1) is 0 Å². The molecule has 0 N–H and O–H groups in total. The number of benzene rings is 9. The van der Waals surface area contributed by atoms with Crippen LogP contribution in [-0.2, 0) is 5.41 Å². The standard InChI is InChI=1S/C53H33NO/c1-3-17-34(18-4-1)36-26-15-27-41-43-33-49(39-23-7-8-24-40(39)52(43)55-51(36)41)54(35-19-5-2-6-20-35)48-32-16-31-47-50(48)42-25-11-14-30-46(42)53(47)44-28-12-9-21-37(44)38-22-10-13-29-45(38)53/h1-33H. The van der Waals surface area contributed by atoms with Gasteiger partial charge in [-0.2, -0.15) is 0 Å². The molecule has 0 saturated heterocycles. The van der Waals surface area contributed by atoms with Crippen LogP contribution in [0.2, 0.25) is 0 Å². The summed E-state index contributed by atoms with van der Waals surface area (Å²) < 4.78 is 6.93. The molecule has 0 fully saturated rings. The minimum atomic E-state index is -0.432. The topological polar surface area (TPSA) is 16.4 Å². The van der Waals surface area contributed by atoms with Crippen LogP contribution in [0.4, 0.5) is 17.1 Å². The number of fused-ring (bicyclic) bond motifs is 15. The summed E-state index contributed by atoms with van der Waals surface area (Å²) in [4.78, 5) is 2.49. The van der Waals surface area contributed by atoms with Gasteiger partial charge in [0, 0.05) is 38.4 Å². The van der Waals surface area contributed by atoms with Crippen molar-refractivity contribution < 1.29 is 4.42 Å². The second-order valence-corrected chi connectivity index (χ2v) is 14.7. The summed E-state index contributed by atoms with van der Waals surface area (Å²) in [5.41, 5.74) is 17.5. The summed E-state index contributed by atoms with van der Waals surface area (Å²) in [6, 6.07) is 73.1. The van der Waals surface area contributed by atoms with Crippen LogP contribution in [0.1, 0.15) is 22.3 Å². The number of hydrogen-bond donors (Lipinski definition) is 0. The first-order valence-corrected chi connectivity index (χ1v) is 19.0. The molecule has 256 valence electrons. The predicted octanol–water partition coefficient (Wildman–Crippen LogP) is 14.2. The van der Waals surface area contributed by atoms with Gasteiger partial charge in [0.25, 0.3) is 0 Å². The summed E-state index contributed by atoms with van der Waals surface area (Å²) in [5, 5.41) is 4.44. The number of hydrogen-bond acceptors (Lipinski definition) is 2. The minimum Gasteiger partial charge on any atom is -0.455 e. The fourth-order valence-corrected chi connectivity index (χ4v) is 9.93. The Morgan fingerprint density at radius 1 is 0.345 bits per heavy atom. The number of anilines is 3. The van der Waals surface area contributed by atoms with Gasteiger partial charge in [-0.25, -0.2) is 0 Å². The second kappa shape index (κ2) is 11.4. The van der Waals surface area contributed by atoms with Gasteiger partial charge in [-0.05, 0) is 68.8 Å². The van der Waals surface area contributed by atoms with Gasteiger partial charge in [0.2, 0.25) is 0 Å². The maximum absolute atomic E-state index is 6.93. The largest absolute Gasteiger partial charge is 0.455 e. The average Bonchev–Trinajstić information content (AvgIpc) is 3.89. The maximum atomic E-state index is 6.93. The number of nitrogens with zero attached hydrogens (tertiary/aromatic N) is 1. The molecule has 2 nitrogen and oxygen atoms in total. The van der Waals surface area contributed by atoms with Crippen molar-refractivity contribution in [2.75, 3.05) is 4.90 Å². The third kappa shape index (κ3) is 4.03. The molecule has 0 amide bonds. The zero-order chi connectivity index (χ0) is 36.1. The molecule has 1 aromatic heterocycles. The van der Waals surface area contributed by atoms with Crippen molar-refractivity contribution >= 4 is 49.8 Å². The van der Waals surface area contributed by atoms with E-state index in [0.29, 0.717) is 0 Å². The van der Waals surface area contributed by atoms with E-state index in [4.69, 9.17) is 4.42 Å². The molecule has 12 rings (SSSR count). The molecule has 1 heterocycles. The predicted molar refractivity (Wildman–Crippen MR) is 228 cm³/mol. The Morgan fingerprint density at radius 3 is 1.58 bits per heavy atom. The number of furan rings is 1. The molecule has 55 heavy (non-hydrogen) atoms. The highest BCUT2D eigenvalue weighted by Gasteiger charge is 2.52. The average molecular weight is 700 g/mol. The summed E-state index contributed by atoms with van der Waals surface area (Å²) in [6.45, 7) is 0. The monoisotopic (exact) mass is 699 g/mol. The summed E-state index contributed by atoms with van der Waals surface area (Å²) >= 11 is 0. The molecule has 2 heteroatoms. The smallest absolute Gasteiger partial charge is 0.143 e.